The number of nitrogens with one attached hydrogen (secondary N) is 1. The number of nitrogens with zero attached hydrogens (tertiary/aromatic N) is 3. The van der Waals surface area contributed by atoms with Crippen molar-refractivity contribution in [2.24, 2.45) is 10.9 Å². The zero-order chi connectivity index (χ0) is 25.8. The molecule has 0 radical (unpaired) electrons. The van der Waals surface area contributed by atoms with E-state index in [1.165, 1.54) is 11.3 Å². The number of ketones is 1. The summed E-state index contributed by atoms with van der Waals surface area (Å²) < 4.78 is 52.3. The number of sulfone groups is 1. The summed E-state index contributed by atoms with van der Waals surface area (Å²) in [4.78, 5) is 26.5. The van der Waals surface area contributed by atoms with Crippen molar-refractivity contribution >= 4 is 49.7 Å². The largest absolute Gasteiger partial charge is 0.353 e. The highest BCUT2D eigenvalue weighted by Crippen LogP contribution is 2.40. The van der Waals surface area contributed by atoms with Gasteiger partial charge in [-0.2, -0.15) is 0 Å². The topological polar surface area (TPSA) is 101 Å². The highest BCUT2D eigenvalue weighted by Gasteiger charge is 2.31. The molecule has 188 valence electrons. The lowest BCUT2D eigenvalue weighted by Gasteiger charge is -2.15. The van der Waals surface area contributed by atoms with Gasteiger partial charge in [0.05, 0.1) is 39.1 Å². The van der Waals surface area contributed by atoms with Crippen LogP contribution in [0.1, 0.15) is 34.8 Å². The van der Waals surface area contributed by atoms with Gasteiger partial charge < -0.3 is 5.32 Å². The number of halogens is 2. The van der Waals surface area contributed by atoms with Crippen LogP contribution in [-0.2, 0) is 27.5 Å². The third kappa shape index (κ3) is 4.94. The van der Waals surface area contributed by atoms with Gasteiger partial charge in [-0.1, -0.05) is 0 Å². The molecule has 1 aliphatic carbocycles. The summed E-state index contributed by atoms with van der Waals surface area (Å²) in [6, 6.07) is 6.56. The Kier molecular flexibility index (Phi) is 6.24. The summed E-state index contributed by atoms with van der Waals surface area (Å²) in [6.07, 6.45) is 0.0651. The number of aromatic nitrogens is 2. The van der Waals surface area contributed by atoms with Gasteiger partial charge in [-0.15, -0.1) is 11.3 Å². The number of pyridine rings is 1. The van der Waals surface area contributed by atoms with Crippen LogP contribution >= 0.6 is 11.3 Å². The number of aryl methyl sites for hydroxylation is 2. The lowest BCUT2D eigenvalue weighted by molar-refractivity contribution is -0.119. The van der Waals surface area contributed by atoms with Gasteiger partial charge in [0.25, 0.3) is 6.43 Å². The van der Waals surface area contributed by atoms with Crippen LogP contribution in [0.5, 0.6) is 0 Å². The average Bonchev–Trinajstić information content (AvgIpc) is 3.48. The molecule has 1 aliphatic heterocycles. The molecule has 0 amide bonds. The van der Waals surface area contributed by atoms with Crippen molar-refractivity contribution in [1.29, 1.82) is 0 Å². The number of hydrogen-bond donors (Lipinski definition) is 1. The summed E-state index contributed by atoms with van der Waals surface area (Å²) in [5.41, 5.74) is 2.89. The Hall–Kier alpha value is -3.05. The van der Waals surface area contributed by atoms with Gasteiger partial charge in [-0.05, 0) is 51.0 Å². The van der Waals surface area contributed by atoms with Crippen LogP contribution < -0.4 is 5.32 Å². The minimum atomic E-state index is -3.67. The molecule has 1 fully saturated rings. The molecule has 1 N–H and O–H groups in total. The van der Waals surface area contributed by atoms with E-state index in [-0.39, 0.29) is 46.5 Å². The summed E-state index contributed by atoms with van der Waals surface area (Å²) >= 11 is 1.48. The quantitative estimate of drug-likeness (QED) is 0.419. The average molecular weight is 531 g/mol. The van der Waals surface area contributed by atoms with Crippen molar-refractivity contribution in [2.75, 3.05) is 11.6 Å². The number of alkyl halides is 2. The first kappa shape index (κ1) is 24.6. The van der Waals surface area contributed by atoms with Crippen molar-refractivity contribution in [3.05, 3.63) is 46.2 Å². The Labute approximate surface area is 211 Å². The predicted molar refractivity (Wildman–Crippen MR) is 136 cm³/mol. The van der Waals surface area contributed by atoms with E-state index >= 15 is 0 Å². The Morgan fingerprint density at radius 1 is 1.17 bits per heavy atom. The Balaban J connectivity index is 1.57. The second-order valence-corrected chi connectivity index (χ2v) is 12.4. The van der Waals surface area contributed by atoms with Crippen LogP contribution in [0.15, 0.2) is 34.2 Å². The monoisotopic (exact) mass is 530 g/mol. The fourth-order valence-electron chi connectivity index (χ4n) is 4.10. The molecule has 2 aromatic heterocycles. The zero-order valence-corrected chi connectivity index (χ0v) is 21.6. The van der Waals surface area contributed by atoms with Crippen LogP contribution in [0.4, 0.5) is 25.8 Å². The summed E-state index contributed by atoms with van der Waals surface area (Å²) in [7, 11) is -3.67. The van der Waals surface area contributed by atoms with E-state index in [2.05, 4.69) is 20.3 Å². The molecule has 3 heterocycles. The van der Waals surface area contributed by atoms with Gasteiger partial charge in [-0.25, -0.2) is 27.2 Å². The molecule has 0 unspecified atom stereocenters. The van der Waals surface area contributed by atoms with Gasteiger partial charge in [0.1, 0.15) is 16.5 Å². The molecule has 36 heavy (non-hydrogen) atoms. The predicted octanol–water partition coefficient (Wildman–Crippen LogP) is 5.38. The number of fused-ring (bicyclic) bond motifs is 1. The van der Waals surface area contributed by atoms with Crippen LogP contribution in [0.3, 0.4) is 0 Å². The van der Waals surface area contributed by atoms with E-state index in [1.807, 2.05) is 13.8 Å². The number of benzene rings is 1. The number of carbonyl (C=O) groups excluding carboxylic acids is 1. The zero-order valence-electron chi connectivity index (χ0n) is 19.9. The van der Waals surface area contributed by atoms with Gasteiger partial charge in [0, 0.05) is 35.5 Å². The summed E-state index contributed by atoms with van der Waals surface area (Å²) in [5, 5.41) is 3.80. The number of anilines is 2. The molecule has 1 aromatic carbocycles. The fourth-order valence-corrected chi connectivity index (χ4v) is 5.87. The number of rotatable bonds is 8. The van der Waals surface area contributed by atoms with E-state index in [0.29, 0.717) is 27.6 Å². The lowest BCUT2D eigenvalue weighted by atomic mass is 10.1. The molecule has 11 heteroatoms. The smallest absolute Gasteiger partial charge is 0.277 e. The van der Waals surface area contributed by atoms with E-state index < -0.39 is 16.3 Å². The number of aliphatic imine (C=N–C) groups is 1. The molecule has 0 atom stereocenters. The molecule has 5 rings (SSSR count). The minimum Gasteiger partial charge on any atom is -0.353 e. The van der Waals surface area contributed by atoms with Gasteiger partial charge in [-0.3, -0.25) is 9.78 Å². The summed E-state index contributed by atoms with van der Waals surface area (Å²) in [5.74, 6) is 0.100. The van der Waals surface area contributed by atoms with Crippen LogP contribution in [0, 0.1) is 19.8 Å². The highest BCUT2D eigenvalue weighted by molar-refractivity contribution is 7.90. The molecular weight excluding hydrogens is 506 g/mol. The van der Waals surface area contributed by atoms with E-state index in [0.717, 1.165) is 29.7 Å². The number of thiazole rings is 1. The fraction of sp³-hybridized carbons (Fsp3) is 0.360. The molecule has 1 saturated carbocycles. The van der Waals surface area contributed by atoms with Crippen molar-refractivity contribution in [3.63, 3.8) is 0 Å². The first-order chi connectivity index (χ1) is 17.0. The Morgan fingerprint density at radius 2 is 1.92 bits per heavy atom. The molecule has 2 aliphatic rings. The number of carbonyl (C=O) groups is 1. The van der Waals surface area contributed by atoms with Gasteiger partial charge >= 0.3 is 0 Å². The third-order valence-corrected chi connectivity index (χ3v) is 8.55. The summed E-state index contributed by atoms with van der Waals surface area (Å²) in [6.45, 7) is 3.85. The minimum absolute atomic E-state index is 0.0341. The second-order valence-electron chi connectivity index (χ2n) is 9.22. The lowest BCUT2D eigenvalue weighted by Crippen LogP contribution is -2.11. The van der Waals surface area contributed by atoms with Crippen LogP contribution in [-0.4, -0.2) is 42.6 Å². The first-order valence-electron chi connectivity index (χ1n) is 11.5. The number of hydrogen-bond acceptors (Lipinski definition) is 8. The van der Waals surface area contributed by atoms with Crippen molar-refractivity contribution in [3.8, 4) is 10.6 Å². The van der Waals surface area contributed by atoms with E-state index in [9.17, 15) is 22.0 Å². The molecular formula is C25H24F2N4O3S2. The molecule has 0 spiro atoms. The van der Waals surface area contributed by atoms with Crippen LogP contribution in [0.25, 0.3) is 10.6 Å². The normalized spacial score (nSPS) is 15.2. The second kappa shape index (κ2) is 9.11. The molecule has 0 saturated heterocycles. The maximum atomic E-state index is 13.4. The number of Topliss-reactive ketones (excluding diaryl/α,β-unsaturated/α-hetero) is 1. The van der Waals surface area contributed by atoms with Crippen molar-refractivity contribution in [1.82, 2.24) is 9.97 Å². The van der Waals surface area contributed by atoms with Gasteiger partial charge in [0.15, 0.2) is 9.84 Å². The Morgan fingerprint density at radius 3 is 2.53 bits per heavy atom. The third-order valence-electron chi connectivity index (χ3n) is 6.29. The first-order valence-corrected chi connectivity index (χ1v) is 14.2. The molecule has 0 bridgehead atoms. The molecule has 7 nitrogen and oxygen atoms in total. The van der Waals surface area contributed by atoms with E-state index in [1.54, 1.807) is 24.3 Å². The van der Waals surface area contributed by atoms with Crippen molar-refractivity contribution in [2.45, 2.75) is 50.9 Å². The maximum Gasteiger partial charge on any atom is 0.277 e. The van der Waals surface area contributed by atoms with Gasteiger partial charge in [0.2, 0.25) is 0 Å². The highest BCUT2D eigenvalue weighted by atomic mass is 32.2. The Bertz CT molecular complexity index is 1510. The van der Waals surface area contributed by atoms with Crippen molar-refractivity contribution < 1.29 is 22.0 Å². The maximum absolute atomic E-state index is 13.4. The molecule has 3 aromatic rings. The SMILES string of the molecule is Cc1nc(-c2ccc(Nc3cc(CC(=O)C4CC4)nc4c3N=C(C(F)F)C4)c(S(C)(=O)=O)c2)sc1C. The standard InChI is InChI=1S/C25H24F2N4O3S2/c1-12-13(2)35-25(28-12)15-6-7-17(22(8-15)36(3,33)34)30-18-9-16(10-21(32)14-4-5-14)29-19-11-20(24(26)27)31-23(18)19/h6-9,14,24H,4-5,10-11H2,1-3H3,(H,29,30). The van der Waals surface area contributed by atoms with E-state index in [4.69, 9.17) is 0 Å². The van der Waals surface area contributed by atoms with Crippen LogP contribution in [0.2, 0.25) is 0 Å².